The van der Waals surface area contributed by atoms with Gasteiger partial charge in [-0.2, -0.15) is 4.37 Å². The van der Waals surface area contributed by atoms with Crippen molar-refractivity contribution < 1.29 is 14.2 Å². The standard InChI is InChI=1S/C11H11BrFN3O2S/c12-9-2-1-7(13)3-10(9)14-4-8(17)6-18-11-5-15-19-16-11/h1-3,5,8,14,17H,4,6H2. The predicted molar refractivity (Wildman–Crippen MR) is 74.0 cm³/mol. The molecule has 0 aliphatic carbocycles. The summed E-state index contributed by atoms with van der Waals surface area (Å²) in [5, 5.41) is 12.7. The van der Waals surface area contributed by atoms with E-state index in [4.69, 9.17) is 4.74 Å². The van der Waals surface area contributed by atoms with Gasteiger partial charge in [0, 0.05) is 11.0 Å². The van der Waals surface area contributed by atoms with E-state index < -0.39 is 6.10 Å². The van der Waals surface area contributed by atoms with Gasteiger partial charge in [-0.25, -0.2) is 4.39 Å². The Morgan fingerprint density at radius 3 is 3.11 bits per heavy atom. The summed E-state index contributed by atoms with van der Waals surface area (Å²) in [6.07, 6.45) is 0.741. The number of benzene rings is 1. The highest BCUT2D eigenvalue weighted by atomic mass is 79.9. The molecule has 1 unspecified atom stereocenters. The van der Waals surface area contributed by atoms with Crippen molar-refractivity contribution in [2.24, 2.45) is 0 Å². The molecule has 0 saturated heterocycles. The lowest BCUT2D eigenvalue weighted by Gasteiger charge is -2.13. The van der Waals surface area contributed by atoms with Crippen molar-refractivity contribution in [2.45, 2.75) is 6.10 Å². The predicted octanol–water partition coefficient (Wildman–Crippen LogP) is 2.29. The van der Waals surface area contributed by atoms with Crippen LogP contribution in [0.1, 0.15) is 0 Å². The number of nitrogens with zero attached hydrogens (tertiary/aromatic N) is 2. The van der Waals surface area contributed by atoms with Crippen molar-refractivity contribution in [1.82, 2.24) is 8.75 Å². The monoisotopic (exact) mass is 347 g/mol. The number of rotatable bonds is 6. The van der Waals surface area contributed by atoms with Gasteiger partial charge in [-0.3, -0.25) is 0 Å². The smallest absolute Gasteiger partial charge is 0.245 e. The molecular weight excluding hydrogens is 337 g/mol. The SMILES string of the molecule is OC(CNc1cc(F)ccc1Br)COc1cnsn1. The lowest BCUT2D eigenvalue weighted by molar-refractivity contribution is 0.115. The largest absolute Gasteiger partial charge is 0.473 e. The first-order valence-corrected chi connectivity index (χ1v) is 6.95. The fourth-order valence-corrected chi connectivity index (χ4v) is 2.07. The third-order valence-electron chi connectivity index (χ3n) is 2.22. The number of hydrogen-bond donors (Lipinski definition) is 2. The molecule has 0 radical (unpaired) electrons. The van der Waals surface area contributed by atoms with E-state index in [9.17, 15) is 9.50 Å². The van der Waals surface area contributed by atoms with Crippen molar-refractivity contribution in [2.75, 3.05) is 18.5 Å². The van der Waals surface area contributed by atoms with Crippen LogP contribution in [0.2, 0.25) is 0 Å². The van der Waals surface area contributed by atoms with E-state index in [-0.39, 0.29) is 19.0 Å². The fourth-order valence-electron chi connectivity index (χ4n) is 1.32. The normalized spacial score (nSPS) is 12.2. The number of halogens is 2. The van der Waals surface area contributed by atoms with Crippen molar-refractivity contribution in [3.63, 3.8) is 0 Å². The average molecular weight is 348 g/mol. The van der Waals surface area contributed by atoms with Gasteiger partial charge >= 0.3 is 0 Å². The molecule has 5 nitrogen and oxygen atoms in total. The van der Waals surface area contributed by atoms with E-state index in [1.807, 2.05) is 0 Å². The van der Waals surface area contributed by atoms with Gasteiger partial charge in [-0.15, -0.1) is 4.37 Å². The second-order valence-corrected chi connectivity index (χ2v) is 5.13. The van der Waals surface area contributed by atoms with Crippen LogP contribution in [-0.4, -0.2) is 33.1 Å². The minimum Gasteiger partial charge on any atom is -0.473 e. The number of nitrogens with one attached hydrogen (secondary N) is 1. The van der Waals surface area contributed by atoms with Crippen molar-refractivity contribution >= 4 is 33.3 Å². The number of aliphatic hydroxyl groups excluding tert-OH is 1. The maximum absolute atomic E-state index is 13.0. The molecule has 0 spiro atoms. The molecule has 1 heterocycles. The molecule has 0 bridgehead atoms. The van der Waals surface area contributed by atoms with Crippen molar-refractivity contribution in [3.05, 3.63) is 34.7 Å². The van der Waals surface area contributed by atoms with E-state index in [0.717, 1.165) is 16.2 Å². The average Bonchev–Trinajstić information content (AvgIpc) is 2.90. The molecule has 0 aliphatic heterocycles. The van der Waals surface area contributed by atoms with Gasteiger partial charge < -0.3 is 15.2 Å². The first kappa shape index (κ1) is 14.2. The van der Waals surface area contributed by atoms with Gasteiger partial charge in [0.1, 0.15) is 24.7 Å². The summed E-state index contributed by atoms with van der Waals surface area (Å²) in [5.41, 5.74) is 0.578. The molecule has 0 fully saturated rings. The second kappa shape index (κ2) is 6.78. The molecule has 2 rings (SSSR count). The van der Waals surface area contributed by atoms with Gasteiger partial charge in [-0.1, -0.05) is 0 Å². The molecule has 2 aromatic rings. The van der Waals surface area contributed by atoms with Crippen LogP contribution in [-0.2, 0) is 0 Å². The molecule has 102 valence electrons. The molecule has 2 N–H and O–H groups in total. The minimum atomic E-state index is -0.739. The van der Waals surface area contributed by atoms with E-state index in [1.54, 1.807) is 6.07 Å². The van der Waals surface area contributed by atoms with Crippen LogP contribution in [0, 0.1) is 5.82 Å². The quantitative estimate of drug-likeness (QED) is 0.839. The molecule has 0 aliphatic rings. The summed E-state index contributed by atoms with van der Waals surface area (Å²) in [7, 11) is 0. The van der Waals surface area contributed by atoms with Crippen LogP contribution in [0.5, 0.6) is 5.88 Å². The van der Waals surface area contributed by atoms with Crippen LogP contribution in [0.15, 0.2) is 28.9 Å². The van der Waals surface area contributed by atoms with Crippen LogP contribution >= 0.6 is 27.7 Å². The van der Waals surface area contributed by atoms with Gasteiger partial charge in [0.15, 0.2) is 0 Å². The van der Waals surface area contributed by atoms with Crippen molar-refractivity contribution in [1.29, 1.82) is 0 Å². The number of aromatic nitrogens is 2. The Bertz CT molecular complexity index is 527. The molecule has 1 aromatic carbocycles. The third-order valence-corrected chi connectivity index (χ3v) is 3.37. The van der Waals surface area contributed by atoms with Gasteiger partial charge in [-0.05, 0) is 34.1 Å². The number of anilines is 1. The Labute approximate surface area is 121 Å². The second-order valence-electron chi connectivity index (χ2n) is 3.72. The summed E-state index contributed by atoms with van der Waals surface area (Å²) < 4.78 is 26.6. The van der Waals surface area contributed by atoms with Crippen LogP contribution in [0.4, 0.5) is 10.1 Å². The summed E-state index contributed by atoms with van der Waals surface area (Å²) in [5.74, 6) is 0.0426. The summed E-state index contributed by atoms with van der Waals surface area (Å²) in [4.78, 5) is 0. The Morgan fingerprint density at radius 1 is 1.53 bits per heavy atom. The first-order chi connectivity index (χ1) is 9.15. The summed E-state index contributed by atoms with van der Waals surface area (Å²) in [6.45, 7) is 0.324. The first-order valence-electron chi connectivity index (χ1n) is 5.42. The Morgan fingerprint density at radius 2 is 2.37 bits per heavy atom. The molecule has 1 aromatic heterocycles. The number of hydrogen-bond acceptors (Lipinski definition) is 6. The zero-order valence-electron chi connectivity index (χ0n) is 9.72. The molecule has 0 saturated carbocycles. The fraction of sp³-hybridized carbons (Fsp3) is 0.273. The third kappa shape index (κ3) is 4.41. The lowest BCUT2D eigenvalue weighted by Crippen LogP contribution is -2.26. The summed E-state index contributed by atoms with van der Waals surface area (Å²) in [6, 6.07) is 4.30. The van der Waals surface area contributed by atoms with E-state index >= 15 is 0 Å². The zero-order chi connectivity index (χ0) is 13.7. The van der Waals surface area contributed by atoms with Gasteiger partial charge in [0.2, 0.25) is 5.88 Å². The zero-order valence-corrected chi connectivity index (χ0v) is 12.1. The Kier molecular flexibility index (Phi) is 5.06. The highest BCUT2D eigenvalue weighted by molar-refractivity contribution is 9.10. The number of ether oxygens (including phenoxy) is 1. The molecule has 1 atom stereocenters. The van der Waals surface area contributed by atoms with E-state index in [1.165, 1.54) is 18.3 Å². The maximum Gasteiger partial charge on any atom is 0.245 e. The topological polar surface area (TPSA) is 67.3 Å². The van der Waals surface area contributed by atoms with E-state index in [2.05, 4.69) is 30.0 Å². The van der Waals surface area contributed by atoms with Crippen LogP contribution in [0.25, 0.3) is 0 Å². The molecule has 19 heavy (non-hydrogen) atoms. The molecule has 8 heteroatoms. The van der Waals surface area contributed by atoms with Crippen LogP contribution < -0.4 is 10.1 Å². The van der Waals surface area contributed by atoms with Crippen molar-refractivity contribution in [3.8, 4) is 5.88 Å². The Hall–Kier alpha value is -1.25. The maximum atomic E-state index is 13.0. The van der Waals surface area contributed by atoms with Crippen LogP contribution in [0.3, 0.4) is 0 Å². The van der Waals surface area contributed by atoms with E-state index in [0.29, 0.717) is 11.6 Å². The highest BCUT2D eigenvalue weighted by Crippen LogP contribution is 2.22. The molecule has 0 amide bonds. The summed E-state index contributed by atoms with van der Waals surface area (Å²) >= 11 is 4.33. The lowest BCUT2D eigenvalue weighted by atomic mass is 10.3. The Balaban J connectivity index is 1.79. The van der Waals surface area contributed by atoms with Gasteiger partial charge in [0.05, 0.1) is 17.4 Å². The molecular formula is C11H11BrFN3O2S. The van der Waals surface area contributed by atoms with Gasteiger partial charge in [0.25, 0.3) is 0 Å². The number of aliphatic hydroxyl groups is 1. The highest BCUT2D eigenvalue weighted by Gasteiger charge is 2.08. The minimum absolute atomic E-state index is 0.0886.